The van der Waals surface area contributed by atoms with E-state index in [1.54, 1.807) is 6.07 Å². The highest BCUT2D eigenvalue weighted by Gasteiger charge is 2.16. The second-order valence-corrected chi connectivity index (χ2v) is 6.65. The van der Waals surface area contributed by atoms with Crippen molar-refractivity contribution in [3.8, 4) is 5.75 Å². The van der Waals surface area contributed by atoms with Crippen LogP contribution in [-0.2, 0) is 9.59 Å². The van der Waals surface area contributed by atoms with Crippen LogP contribution in [-0.4, -0.2) is 24.2 Å². The predicted octanol–water partition coefficient (Wildman–Crippen LogP) is 3.37. The van der Waals surface area contributed by atoms with Crippen molar-refractivity contribution in [3.05, 3.63) is 47.5 Å². The van der Waals surface area contributed by atoms with E-state index >= 15 is 0 Å². The summed E-state index contributed by atoms with van der Waals surface area (Å²) < 4.78 is 5.52. The average Bonchev–Trinajstić information content (AvgIpc) is 2.55. The van der Waals surface area contributed by atoms with Gasteiger partial charge in [-0.25, -0.2) is 0 Å². The highest BCUT2D eigenvalue weighted by atomic mass is 32.2. The fourth-order valence-corrected chi connectivity index (χ4v) is 3.10. The number of carbonyl (C=O) groups is 2. The number of rotatable bonds is 4. The van der Waals surface area contributed by atoms with E-state index in [-0.39, 0.29) is 18.4 Å². The smallest absolute Gasteiger partial charge is 0.262 e. The SMILES string of the molecule is Cc1ccc(OCC(=O)Nc2ccc3c(c2)NC(=O)CS3)cc1C. The zero-order valence-corrected chi connectivity index (χ0v) is 14.3. The van der Waals surface area contributed by atoms with Crippen LogP contribution in [0.4, 0.5) is 11.4 Å². The Balaban J connectivity index is 1.59. The number of benzene rings is 2. The molecule has 3 rings (SSSR count). The van der Waals surface area contributed by atoms with Gasteiger partial charge in [-0.3, -0.25) is 9.59 Å². The molecule has 2 aromatic carbocycles. The Kier molecular flexibility index (Phi) is 4.76. The van der Waals surface area contributed by atoms with Crippen LogP contribution in [0.15, 0.2) is 41.3 Å². The summed E-state index contributed by atoms with van der Waals surface area (Å²) in [6.07, 6.45) is 0. The Hall–Kier alpha value is -2.47. The van der Waals surface area contributed by atoms with Crippen molar-refractivity contribution in [1.29, 1.82) is 0 Å². The summed E-state index contributed by atoms with van der Waals surface area (Å²) >= 11 is 1.48. The Bertz CT molecular complexity index is 805. The number of fused-ring (bicyclic) bond motifs is 1. The van der Waals surface area contributed by atoms with Crippen LogP contribution >= 0.6 is 11.8 Å². The lowest BCUT2D eigenvalue weighted by Gasteiger charge is -2.17. The standard InChI is InChI=1S/C18H18N2O3S/c1-11-3-5-14(7-12(11)2)23-9-17(21)19-13-4-6-16-15(8-13)20-18(22)10-24-16/h3-8H,9-10H2,1-2H3,(H,19,21)(H,20,22). The lowest BCUT2D eigenvalue weighted by molar-refractivity contribution is -0.118. The first-order valence-electron chi connectivity index (χ1n) is 7.58. The van der Waals surface area contributed by atoms with Crippen molar-refractivity contribution in [1.82, 2.24) is 0 Å². The van der Waals surface area contributed by atoms with Crippen molar-refractivity contribution in [2.75, 3.05) is 23.0 Å². The molecule has 0 aliphatic carbocycles. The summed E-state index contributed by atoms with van der Waals surface area (Å²) in [5.41, 5.74) is 3.66. The fourth-order valence-electron chi connectivity index (χ4n) is 2.31. The molecule has 1 aliphatic rings. The maximum absolute atomic E-state index is 12.0. The zero-order valence-electron chi connectivity index (χ0n) is 13.5. The number of nitrogens with one attached hydrogen (secondary N) is 2. The van der Waals surface area contributed by atoms with E-state index in [0.717, 1.165) is 16.1 Å². The number of ether oxygens (including phenoxy) is 1. The number of amides is 2. The second kappa shape index (κ2) is 6.97. The normalized spacial score (nSPS) is 13.0. The monoisotopic (exact) mass is 342 g/mol. The Labute approximate surface area is 144 Å². The van der Waals surface area contributed by atoms with Gasteiger partial charge in [0.05, 0.1) is 11.4 Å². The first-order chi connectivity index (χ1) is 11.5. The minimum absolute atomic E-state index is 0.0333. The predicted molar refractivity (Wildman–Crippen MR) is 95.8 cm³/mol. The topological polar surface area (TPSA) is 67.4 Å². The molecular weight excluding hydrogens is 324 g/mol. The Morgan fingerprint density at radius 1 is 1.21 bits per heavy atom. The van der Waals surface area contributed by atoms with Crippen LogP contribution in [0.3, 0.4) is 0 Å². The van der Waals surface area contributed by atoms with Crippen LogP contribution < -0.4 is 15.4 Å². The molecule has 1 aliphatic heterocycles. The molecule has 0 spiro atoms. The molecule has 2 N–H and O–H groups in total. The number of hydrogen-bond acceptors (Lipinski definition) is 4. The van der Waals surface area contributed by atoms with Gasteiger partial charge >= 0.3 is 0 Å². The lowest BCUT2D eigenvalue weighted by Crippen LogP contribution is -2.21. The number of aryl methyl sites for hydroxylation is 2. The van der Waals surface area contributed by atoms with E-state index < -0.39 is 0 Å². The van der Waals surface area contributed by atoms with E-state index in [4.69, 9.17) is 4.74 Å². The van der Waals surface area contributed by atoms with Crippen LogP contribution in [0.2, 0.25) is 0 Å². The Morgan fingerprint density at radius 2 is 2.04 bits per heavy atom. The molecule has 6 heteroatoms. The van der Waals surface area contributed by atoms with Gasteiger partial charge in [-0.05, 0) is 55.3 Å². The van der Waals surface area contributed by atoms with Gasteiger partial charge in [-0.2, -0.15) is 0 Å². The van der Waals surface area contributed by atoms with Crippen molar-refractivity contribution in [2.45, 2.75) is 18.7 Å². The van der Waals surface area contributed by atoms with E-state index in [1.165, 1.54) is 17.3 Å². The summed E-state index contributed by atoms with van der Waals surface area (Å²) in [4.78, 5) is 24.5. The van der Waals surface area contributed by atoms with E-state index in [1.807, 2.05) is 44.2 Å². The summed E-state index contributed by atoms with van der Waals surface area (Å²) in [6.45, 7) is 3.96. The van der Waals surface area contributed by atoms with Crippen molar-refractivity contribution in [3.63, 3.8) is 0 Å². The van der Waals surface area contributed by atoms with Crippen LogP contribution in [0.5, 0.6) is 5.75 Å². The molecule has 0 fully saturated rings. The number of thioether (sulfide) groups is 1. The minimum Gasteiger partial charge on any atom is -0.484 e. The first kappa shape index (κ1) is 16.4. The molecule has 0 saturated carbocycles. The van der Waals surface area contributed by atoms with Gasteiger partial charge in [0.15, 0.2) is 6.61 Å². The third-order valence-electron chi connectivity index (χ3n) is 3.74. The molecule has 0 saturated heterocycles. The molecule has 124 valence electrons. The van der Waals surface area contributed by atoms with E-state index in [2.05, 4.69) is 10.6 Å². The molecule has 0 radical (unpaired) electrons. The first-order valence-corrected chi connectivity index (χ1v) is 8.56. The molecule has 0 atom stereocenters. The molecule has 1 heterocycles. The number of carbonyl (C=O) groups excluding carboxylic acids is 2. The van der Waals surface area contributed by atoms with E-state index in [9.17, 15) is 9.59 Å². The van der Waals surface area contributed by atoms with Gasteiger partial charge in [-0.1, -0.05) is 6.07 Å². The highest BCUT2D eigenvalue weighted by molar-refractivity contribution is 8.00. The van der Waals surface area contributed by atoms with Gasteiger partial charge in [0, 0.05) is 10.6 Å². The lowest BCUT2D eigenvalue weighted by atomic mass is 10.1. The summed E-state index contributed by atoms with van der Waals surface area (Å²) in [7, 11) is 0. The van der Waals surface area contributed by atoms with Crippen LogP contribution in [0.25, 0.3) is 0 Å². The number of anilines is 2. The molecular formula is C18H18N2O3S. The fraction of sp³-hybridized carbons (Fsp3) is 0.222. The number of hydrogen-bond donors (Lipinski definition) is 2. The molecule has 0 aromatic heterocycles. The third kappa shape index (κ3) is 3.89. The summed E-state index contributed by atoms with van der Waals surface area (Å²) in [5.74, 6) is 0.807. The summed E-state index contributed by atoms with van der Waals surface area (Å²) in [5, 5.41) is 5.58. The maximum Gasteiger partial charge on any atom is 0.262 e. The second-order valence-electron chi connectivity index (χ2n) is 5.63. The maximum atomic E-state index is 12.0. The quantitative estimate of drug-likeness (QED) is 0.894. The molecule has 2 aromatic rings. The minimum atomic E-state index is -0.247. The van der Waals surface area contributed by atoms with E-state index in [0.29, 0.717) is 17.2 Å². The third-order valence-corrected chi connectivity index (χ3v) is 4.82. The molecule has 0 unspecified atom stereocenters. The van der Waals surface area contributed by atoms with Gasteiger partial charge in [0.1, 0.15) is 5.75 Å². The molecule has 24 heavy (non-hydrogen) atoms. The summed E-state index contributed by atoms with van der Waals surface area (Å²) in [6, 6.07) is 11.2. The van der Waals surface area contributed by atoms with Crippen molar-refractivity contribution < 1.29 is 14.3 Å². The highest BCUT2D eigenvalue weighted by Crippen LogP contribution is 2.33. The van der Waals surface area contributed by atoms with Gasteiger partial charge in [0.25, 0.3) is 5.91 Å². The molecule has 0 bridgehead atoms. The molecule has 5 nitrogen and oxygen atoms in total. The Morgan fingerprint density at radius 3 is 2.83 bits per heavy atom. The van der Waals surface area contributed by atoms with Gasteiger partial charge < -0.3 is 15.4 Å². The van der Waals surface area contributed by atoms with Crippen LogP contribution in [0.1, 0.15) is 11.1 Å². The average molecular weight is 342 g/mol. The molecule has 2 amide bonds. The van der Waals surface area contributed by atoms with Crippen LogP contribution in [0, 0.1) is 13.8 Å². The zero-order chi connectivity index (χ0) is 17.1. The van der Waals surface area contributed by atoms with Crippen molar-refractivity contribution in [2.24, 2.45) is 0 Å². The van der Waals surface area contributed by atoms with Gasteiger partial charge in [0.2, 0.25) is 5.91 Å². The van der Waals surface area contributed by atoms with Gasteiger partial charge in [-0.15, -0.1) is 11.8 Å². The van der Waals surface area contributed by atoms with Crippen molar-refractivity contribution >= 4 is 35.0 Å². The largest absolute Gasteiger partial charge is 0.484 e.